The summed E-state index contributed by atoms with van der Waals surface area (Å²) in [7, 11) is 0. The highest BCUT2D eigenvalue weighted by molar-refractivity contribution is 7.21. The van der Waals surface area contributed by atoms with Gasteiger partial charge in [-0.3, -0.25) is 14.9 Å². The summed E-state index contributed by atoms with van der Waals surface area (Å²) in [5.41, 5.74) is 3.32. The fraction of sp³-hybridized carbons (Fsp3) is 0.379. The molecule has 1 aromatic carbocycles. The SMILES string of the molecule is C=[N+]1CCN(CC(C)=CN=C(CC)c2cc3nccc(Oc4ccc(NC(=O)NC5CC5)cc4F)c3s2)CC1. The third-order valence-electron chi connectivity index (χ3n) is 6.70. The number of benzene rings is 1. The van der Waals surface area contributed by atoms with Crippen LogP contribution in [0.15, 0.2) is 53.3 Å². The lowest BCUT2D eigenvalue weighted by Crippen LogP contribution is -2.41. The molecule has 5 rings (SSSR count). The summed E-state index contributed by atoms with van der Waals surface area (Å²) in [5.74, 6) is 0.0382. The second-order valence-corrected chi connectivity index (χ2v) is 11.1. The quantitative estimate of drug-likeness (QED) is 0.267. The fourth-order valence-electron chi connectivity index (χ4n) is 4.36. The van der Waals surface area contributed by atoms with Gasteiger partial charge in [0.2, 0.25) is 0 Å². The number of carbonyl (C=O) groups is 1. The van der Waals surface area contributed by atoms with Crippen LogP contribution in [-0.4, -0.2) is 71.7 Å². The van der Waals surface area contributed by atoms with Gasteiger partial charge < -0.3 is 15.4 Å². The Morgan fingerprint density at radius 3 is 2.79 bits per heavy atom. The summed E-state index contributed by atoms with van der Waals surface area (Å²) >= 11 is 1.53. The van der Waals surface area contributed by atoms with Gasteiger partial charge in [0, 0.05) is 42.8 Å². The first-order valence-electron chi connectivity index (χ1n) is 13.3. The molecule has 3 aromatic rings. The van der Waals surface area contributed by atoms with Gasteiger partial charge in [0.25, 0.3) is 0 Å². The number of piperazine rings is 1. The van der Waals surface area contributed by atoms with Crippen molar-refractivity contribution in [2.75, 3.05) is 38.0 Å². The minimum atomic E-state index is -0.561. The van der Waals surface area contributed by atoms with Crippen LogP contribution in [0.4, 0.5) is 14.9 Å². The predicted molar refractivity (Wildman–Crippen MR) is 155 cm³/mol. The van der Waals surface area contributed by atoms with E-state index >= 15 is 0 Å². The van der Waals surface area contributed by atoms with E-state index in [0.717, 1.165) is 72.8 Å². The fourth-order valence-corrected chi connectivity index (χ4v) is 5.49. The Morgan fingerprint density at radius 2 is 2.08 bits per heavy atom. The van der Waals surface area contributed by atoms with Crippen LogP contribution in [0.1, 0.15) is 38.0 Å². The molecule has 0 bridgehead atoms. The molecule has 1 aliphatic carbocycles. The van der Waals surface area contributed by atoms with Gasteiger partial charge in [-0.05, 0) is 50.0 Å². The highest BCUT2D eigenvalue weighted by atomic mass is 32.1. The van der Waals surface area contributed by atoms with Crippen molar-refractivity contribution in [3.63, 3.8) is 0 Å². The summed E-state index contributed by atoms with van der Waals surface area (Å²) in [4.78, 5) is 24.7. The Morgan fingerprint density at radius 1 is 1.28 bits per heavy atom. The molecule has 2 amide bonds. The van der Waals surface area contributed by atoms with Gasteiger partial charge in [-0.15, -0.1) is 11.3 Å². The number of aromatic nitrogens is 1. The van der Waals surface area contributed by atoms with E-state index in [0.29, 0.717) is 11.4 Å². The number of nitrogens with zero attached hydrogens (tertiary/aromatic N) is 4. The van der Waals surface area contributed by atoms with Gasteiger partial charge in [0.05, 0.1) is 33.9 Å². The minimum Gasteiger partial charge on any atom is -0.453 e. The number of thiophene rings is 1. The van der Waals surface area contributed by atoms with Gasteiger partial charge in [0.15, 0.2) is 24.7 Å². The van der Waals surface area contributed by atoms with E-state index in [1.807, 2.05) is 12.3 Å². The zero-order valence-corrected chi connectivity index (χ0v) is 23.2. The van der Waals surface area contributed by atoms with Crippen LogP contribution in [0.2, 0.25) is 0 Å². The summed E-state index contributed by atoms with van der Waals surface area (Å²) in [6.07, 6.45) is 6.35. The van der Waals surface area contributed by atoms with Crippen LogP contribution in [0.5, 0.6) is 11.5 Å². The number of aliphatic imine (C=N–C) groups is 1. The number of pyridine rings is 1. The average molecular weight is 550 g/mol. The number of amides is 2. The molecule has 0 radical (unpaired) electrons. The van der Waals surface area contributed by atoms with Crippen molar-refractivity contribution >= 4 is 45.7 Å². The van der Waals surface area contributed by atoms with Crippen LogP contribution in [-0.2, 0) is 0 Å². The molecular formula is C29H34FN6O2S+. The van der Waals surface area contributed by atoms with Gasteiger partial charge >= 0.3 is 6.03 Å². The molecule has 2 aliphatic rings. The zero-order chi connectivity index (χ0) is 27.4. The van der Waals surface area contributed by atoms with Crippen molar-refractivity contribution < 1.29 is 18.5 Å². The van der Waals surface area contributed by atoms with Crippen LogP contribution < -0.4 is 15.4 Å². The number of anilines is 1. The summed E-state index contributed by atoms with van der Waals surface area (Å²) in [5, 5.41) is 5.48. The maximum absolute atomic E-state index is 14.9. The van der Waals surface area contributed by atoms with Crippen molar-refractivity contribution in [1.82, 2.24) is 15.2 Å². The lowest BCUT2D eigenvalue weighted by Gasteiger charge is -2.24. The van der Waals surface area contributed by atoms with E-state index in [1.165, 1.54) is 29.0 Å². The molecule has 3 heterocycles. The molecule has 0 unspecified atom stereocenters. The highest BCUT2D eigenvalue weighted by Crippen LogP contribution is 2.36. The molecule has 0 atom stereocenters. The second kappa shape index (κ2) is 12.0. The van der Waals surface area contributed by atoms with E-state index in [9.17, 15) is 9.18 Å². The van der Waals surface area contributed by atoms with Crippen molar-refractivity contribution in [2.45, 2.75) is 39.2 Å². The molecule has 39 heavy (non-hydrogen) atoms. The molecule has 2 fully saturated rings. The van der Waals surface area contributed by atoms with E-state index in [1.54, 1.807) is 18.3 Å². The first-order valence-corrected chi connectivity index (χ1v) is 14.1. The van der Waals surface area contributed by atoms with Gasteiger partial charge in [-0.1, -0.05) is 6.92 Å². The number of fused-ring (bicyclic) bond motifs is 1. The Kier molecular flexibility index (Phi) is 8.33. The first-order chi connectivity index (χ1) is 18.9. The second-order valence-electron chi connectivity index (χ2n) is 10.1. The maximum Gasteiger partial charge on any atom is 0.319 e. The van der Waals surface area contributed by atoms with E-state index < -0.39 is 5.82 Å². The molecule has 2 N–H and O–H groups in total. The van der Waals surface area contributed by atoms with Gasteiger partial charge in [-0.2, -0.15) is 0 Å². The van der Waals surface area contributed by atoms with Crippen LogP contribution in [0, 0.1) is 5.82 Å². The minimum absolute atomic E-state index is 0.0771. The molecule has 1 aliphatic heterocycles. The van der Waals surface area contributed by atoms with Gasteiger partial charge in [0.1, 0.15) is 12.5 Å². The van der Waals surface area contributed by atoms with Crippen molar-refractivity contribution in [3.05, 3.63) is 59.0 Å². The standard InChI is InChI=1S/C29H33FN6O2S/c1-4-23(32-17-19(2)18-36-13-11-35(3)12-14-36)27-16-24-28(39-27)26(9-10-31-24)38-25-8-7-21(15-22(25)30)34-29(37)33-20-5-6-20/h7-10,15-17,20H,3-6,11-14,18H2,1-2H3,(H-,33,34,37)/p+1. The molecule has 204 valence electrons. The molecular weight excluding hydrogens is 515 g/mol. The number of halogens is 1. The van der Waals surface area contributed by atoms with Crippen LogP contribution in [0.3, 0.4) is 0 Å². The zero-order valence-electron chi connectivity index (χ0n) is 22.4. The number of rotatable bonds is 9. The van der Waals surface area contributed by atoms with Crippen LogP contribution >= 0.6 is 11.3 Å². The summed E-state index contributed by atoms with van der Waals surface area (Å²) in [6, 6.07) is 8.03. The summed E-state index contributed by atoms with van der Waals surface area (Å²) < 4.78 is 23.8. The van der Waals surface area contributed by atoms with Crippen molar-refractivity contribution in [3.8, 4) is 11.5 Å². The van der Waals surface area contributed by atoms with Crippen molar-refractivity contribution in [1.29, 1.82) is 0 Å². The molecule has 1 saturated heterocycles. The largest absolute Gasteiger partial charge is 0.453 e. The normalized spacial score (nSPS) is 16.9. The number of hydrogen-bond acceptors (Lipinski definition) is 6. The maximum atomic E-state index is 14.9. The number of urea groups is 1. The predicted octanol–water partition coefficient (Wildman–Crippen LogP) is 5.64. The smallest absolute Gasteiger partial charge is 0.319 e. The molecule has 1 saturated carbocycles. The molecule has 0 spiro atoms. The van der Waals surface area contributed by atoms with Crippen LogP contribution in [0.25, 0.3) is 10.2 Å². The van der Waals surface area contributed by atoms with E-state index in [2.05, 4.69) is 45.7 Å². The first kappa shape index (κ1) is 27.0. The Hall–Kier alpha value is -3.63. The Balaban J connectivity index is 1.29. The Bertz CT molecular complexity index is 1430. The molecule has 10 heteroatoms. The summed E-state index contributed by atoms with van der Waals surface area (Å²) in [6.45, 7) is 13.1. The number of carbonyl (C=O) groups excluding carboxylic acids is 1. The lowest BCUT2D eigenvalue weighted by molar-refractivity contribution is -0.531. The number of hydrogen-bond donors (Lipinski definition) is 2. The van der Waals surface area contributed by atoms with Crippen molar-refractivity contribution in [2.24, 2.45) is 4.99 Å². The number of nitrogens with one attached hydrogen (secondary N) is 2. The lowest BCUT2D eigenvalue weighted by atomic mass is 10.2. The Labute approximate surface area is 231 Å². The molecule has 8 nitrogen and oxygen atoms in total. The van der Waals surface area contributed by atoms with E-state index in [4.69, 9.17) is 9.73 Å². The third-order valence-corrected chi connectivity index (χ3v) is 7.88. The van der Waals surface area contributed by atoms with Gasteiger partial charge in [-0.25, -0.2) is 13.8 Å². The number of ether oxygens (including phenoxy) is 1. The van der Waals surface area contributed by atoms with E-state index in [-0.39, 0.29) is 17.8 Å². The topological polar surface area (TPSA) is 81.9 Å². The molecule has 2 aromatic heterocycles. The monoisotopic (exact) mass is 549 g/mol. The highest BCUT2D eigenvalue weighted by Gasteiger charge is 2.23. The average Bonchev–Trinajstić information content (AvgIpc) is 3.61. The third kappa shape index (κ3) is 7.07.